The third-order valence-electron chi connectivity index (χ3n) is 3.14. The molecule has 0 fully saturated rings. The highest BCUT2D eigenvalue weighted by atomic mass is 32.1. The van der Waals surface area contributed by atoms with Gasteiger partial charge in [0.25, 0.3) is 0 Å². The van der Waals surface area contributed by atoms with E-state index in [1.807, 2.05) is 18.4 Å². The predicted molar refractivity (Wildman–Crippen MR) is 71.2 cm³/mol. The first kappa shape index (κ1) is 13.0. The van der Waals surface area contributed by atoms with Crippen LogP contribution in [0.25, 0.3) is 0 Å². The number of aromatic nitrogens is 4. The van der Waals surface area contributed by atoms with E-state index in [9.17, 15) is 0 Å². The van der Waals surface area contributed by atoms with Crippen molar-refractivity contribution >= 4 is 12.2 Å². The first-order valence-electron chi connectivity index (χ1n) is 6.14. The third-order valence-corrected chi connectivity index (χ3v) is 3.43. The smallest absolute Gasteiger partial charge is 0.195 e. The van der Waals surface area contributed by atoms with Crippen molar-refractivity contribution in [3.8, 4) is 0 Å². The second-order valence-electron chi connectivity index (χ2n) is 4.48. The third kappa shape index (κ3) is 2.12. The molecule has 0 spiro atoms. The van der Waals surface area contributed by atoms with Gasteiger partial charge in [0.2, 0.25) is 0 Å². The van der Waals surface area contributed by atoms with Crippen LogP contribution in [0.2, 0.25) is 0 Å². The maximum absolute atomic E-state index is 5.32. The number of rotatable bonds is 4. The van der Waals surface area contributed by atoms with Gasteiger partial charge < -0.3 is 4.52 Å². The minimum atomic E-state index is 0.0871. The standard InChI is InChI=1S/C12H18N4OS/c1-5-6-10-13-14-12(18)16(10)8(3)11-7(2)15-17-9(11)4/h8H,5-6H2,1-4H3,(H,14,18). The molecule has 0 aliphatic heterocycles. The highest BCUT2D eigenvalue weighted by Gasteiger charge is 2.21. The molecule has 0 saturated carbocycles. The molecular weight excluding hydrogens is 248 g/mol. The first-order chi connectivity index (χ1) is 8.56. The number of nitrogens with zero attached hydrogens (tertiary/aromatic N) is 3. The predicted octanol–water partition coefficient (Wildman–Crippen LogP) is 3.11. The molecule has 1 N–H and O–H groups in total. The van der Waals surface area contributed by atoms with Crippen LogP contribution in [0, 0.1) is 18.6 Å². The molecule has 2 heterocycles. The minimum absolute atomic E-state index is 0.0871. The van der Waals surface area contributed by atoms with Gasteiger partial charge in [-0.25, -0.2) is 0 Å². The summed E-state index contributed by atoms with van der Waals surface area (Å²) in [5.41, 5.74) is 2.00. The molecule has 18 heavy (non-hydrogen) atoms. The van der Waals surface area contributed by atoms with Gasteiger partial charge in [-0.3, -0.25) is 9.67 Å². The molecule has 98 valence electrons. The van der Waals surface area contributed by atoms with Gasteiger partial charge in [-0.15, -0.1) is 0 Å². The lowest BCUT2D eigenvalue weighted by Gasteiger charge is -2.15. The van der Waals surface area contributed by atoms with E-state index in [-0.39, 0.29) is 6.04 Å². The van der Waals surface area contributed by atoms with Crippen molar-refractivity contribution in [1.82, 2.24) is 19.9 Å². The second kappa shape index (κ2) is 5.06. The second-order valence-corrected chi connectivity index (χ2v) is 4.87. The molecule has 0 aliphatic rings. The van der Waals surface area contributed by atoms with E-state index < -0.39 is 0 Å². The van der Waals surface area contributed by atoms with E-state index in [1.165, 1.54) is 0 Å². The normalized spacial score (nSPS) is 12.9. The van der Waals surface area contributed by atoms with E-state index in [0.717, 1.165) is 35.7 Å². The number of hydrogen-bond donors (Lipinski definition) is 1. The molecule has 1 unspecified atom stereocenters. The maximum Gasteiger partial charge on any atom is 0.195 e. The van der Waals surface area contributed by atoms with Crippen molar-refractivity contribution in [1.29, 1.82) is 0 Å². The Balaban J connectivity index is 2.49. The first-order valence-corrected chi connectivity index (χ1v) is 6.55. The van der Waals surface area contributed by atoms with Gasteiger partial charge in [-0.05, 0) is 39.4 Å². The Labute approximate surface area is 111 Å². The molecule has 2 aromatic heterocycles. The summed E-state index contributed by atoms with van der Waals surface area (Å²) in [6.07, 6.45) is 1.94. The average molecular weight is 266 g/mol. The molecule has 2 aromatic rings. The molecule has 0 amide bonds. The Morgan fingerprint density at radius 3 is 2.72 bits per heavy atom. The number of nitrogens with one attached hydrogen (secondary N) is 1. The summed E-state index contributed by atoms with van der Waals surface area (Å²) in [6, 6.07) is 0.0871. The lowest BCUT2D eigenvalue weighted by Crippen LogP contribution is -2.12. The van der Waals surface area contributed by atoms with E-state index in [2.05, 4.69) is 29.2 Å². The Hall–Kier alpha value is -1.43. The highest BCUT2D eigenvalue weighted by Crippen LogP contribution is 2.26. The zero-order valence-electron chi connectivity index (χ0n) is 11.1. The summed E-state index contributed by atoms with van der Waals surface area (Å²) in [5.74, 6) is 1.82. The number of aromatic amines is 1. The van der Waals surface area contributed by atoms with E-state index in [4.69, 9.17) is 16.7 Å². The average Bonchev–Trinajstić information content (AvgIpc) is 2.83. The Bertz CT molecular complexity index is 576. The van der Waals surface area contributed by atoms with Crippen LogP contribution in [0.5, 0.6) is 0 Å². The van der Waals surface area contributed by atoms with Crippen LogP contribution < -0.4 is 0 Å². The van der Waals surface area contributed by atoms with Crippen LogP contribution in [0.1, 0.15) is 49.2 Å². The van der Waals surface area contributed by atoms with Gasteiger partial charge in [-0.2, -0.15) is 5.10 Å². The summed E-state index contributed by atoms with van der Waals surface area (Å²) < 4.78 is 7.92. The quantitative estimate of drug-likeness (QED) is 0.864. The molecule has 0 aliphatic carbocycles. The van der Waals surface area contributed by atoms with E-state index in [0.29, 0.717) is 4.77 Å². The van der Waals surface area contributed by atoms with Crippen LogP contribution >= 0.6 is 12.2 Å². The Morgan fingerprint density at radius 1 is 1.44 bits per heavy atom. The Kier molecular flexibility index (Phi) is 3.65. The van der Waals surface area contributed by atoms with Gasteiger partial charge >= 0.3 is 0 Å². The highest BCUT2D eigenvalue weighted by molar-refractivity contribution is 7.71. The number of hydrogen-bond acceptors (Lipinski definition) is 4. The Morgan fingerprint density at radius 2 is 2.17 bits per heavy atom. The molecule has 0 aromatic carbocycles. The molecule has 0 bridgehead atoms. The zero-order chi connectivity index (χ0) is 13.3. The molecule has 1 atom stereocenters. The summed E-state index contributed by atoms with van der Waals surface area (Å²) in [5, 5.41) is 11.2. The molecule has 6 heteroatoms. The van der Waals surface area contributed by atoms with Crippen LogP contribution in [0.3, 0.4) is 0 Å². The lowest BCUT2D eigenvalue weighted by atomic mass is 10.1. The molecule has 0 radical (unpaired) electrons. The van der Waals surface area contributed by atoms with Crippen molar-refractivity contribution in [2.75, 3.05) is 0 Å². The summed E-state index contributed by atoms with van der Waals surface area (Å²) in [7, 11) is 0. The van der Waals surface area contributed by atoms with Crippen molar-refractivity contribution in [2.24, 2.45) is 0 Å². The van der Waals surface area contributed by atoms with Gasteiger partial charge in [0.15, 0.2) is 4.77 Å². The van der Waals surface area contributed by atoms with Crippen molar-refractivity contribution in [2.45, 2.75) is 46.6 Å². The maximum atomic E-state index is 5.32. The van der Waals surface area contributed by atoms with Crippen molar-refractivity contribution in [3.05, 3.63) is 27.6 Å². The molecule has 0 saturated heterocycles. The number of aryl methyl sites for hydroxylation is 3. The largest absolute Gasteiger partial charge is 0.361 e. The minimum Gasteiger partial charge on any atom is -0.361 e. The molecule has 5 nitrogen and oxygen atoms in total. The molecule has 2 rings (SSSR count). The fourth-order valence-electron chi connectivity index (χ4n) is 2.35. The zero-order valence-corrected chi connectivity index (χ0v) is 12.0. The van der Waals surface area contributed by atoms with Crippen LogP contribution in [0.4, 0.5) is 0 Å². The summed E-state index contributed by atoms with van der Waals surface area (Å²) in [4.78, 5) is 0. The fraction of sp³-hybridized carbons (Fsp3) is 0.583. The summed E-state index contributed by atoms with van der Waals surface area (Å²) in [6.45, 7) is 8.10. The lowest BCUT2D eigenvalue weighted by molar-refractivity contribution is 0.390. The topological polar surface area (TPSA) is 59.6 Å². The number of H-pyrrole nitrogens is 1. The van der Waals surface area contributed by atoms with Gasteiger partial charge in [0, 0.05) is 12.0 Å². The summed E-state index contributed by atoms with van der Waals surface area (Å²) >= 11 is 5.32. The van der Waals surface area contributed by atoms with Crippen molar-refractivity contribution in [3.63, 3.8) is 0 Å². The van der Waals surface area contributed by atoms with Crippen LogP contribution in [-0.2, 0) is 6.42 Å². The SMILES string of the molecule is CCCc1n[nH]c(=S)n1C(C)c1c(C)noc1C. The van der Waals surface area contributed by atoms with E-state index in [1.54, 1.807) is 0 Å². The van der Waals surface area contributed by atoms with E-state index >= 15 is 0 Å². The monoisotopic (exact) mass is 266 g/mol. The molecular formula is C12H18N4OS. The van der Waals surface area contributed by atoms with Crippen molar-refractivity contribution < 1.29 is 4.52 Å². The van der Waals surface area contributed by atoms with Gasteiger partial charge in [-0.1, -0.05) is 12.1 Å². The fourth-order valence-corrected chi connectivity index (χ4v) is 2.66. The van der Waals surface area contributed by atoms with Gasteiger partial charge in [0.1, 0.15) is 11.6 Å². The van der Waals surface area contributed by atoms with Crippen LogP contribution in [0.15, 0.2) is 4.52 Å². The van der Waals surface area contributed by atoms with Crippen LogP contribution in [-0.4, -0.2) is 19.9 Å². The van der Waals surface area contributed by atoms with Gasteiger partial charge in [0.05, 0.1) is 11.7 Å².